The van der Waals surface area contributed by atoms with Gasteiger partial charge in [0.1, 0.15) is 12.7 Å². The van der Waals surface area contributed by atoms with Crippen LogP contribution in [0.4, 0.5) is 0 Å². The van der Waals surface area contributed by atoms with Crippen molar-refractivity contribution < 1.29 is 14.3 Å². The van der Waals surface area contributed by atoms with Crippen molar-refractivity contribution in [2.45, 2.75) is 26.8 Å². The first-order valence-electron chi connectivity index (χ1n) is 9.29. The maximum Gasteiger partial charge on any atom is 0.339 e. The van der Waals surface area contributed by atoms with Gasteiger partial charge in [-0.1, -0.05) is 12.1 Å². The van der Waals surface area contributed by atoms with Gasteiger partial charge in [0.25, 0.3) is 0 Å². The molecule has 0 aliphatic carbocycles. The van der Waals surface area contributed by atoms with Gasteiger partial charge in [-0.2, -0.15) is 5.10 Å². The molecule has 1 atom stereocenters. The topological polar surface area (TPSA) is 93.1 Å². The third-order valence-electron chi connectivity index (χ3n) is 5.22. The molecule has 0 spiro atoms. The molecule has 0 saturated heterocycles. The molecule has 3 aromatic rings. The van der Waals surface area contributed by atoms with Crippen LogP contribution in [0.3, 0.4) is 0 Å². The van der Waals surface area contributed by atoms with Crippen molar-refractivity contribution in [1.82, 2.24) is 24.6 Å². The summed E-state index contributed by atoms with van der Waals surface area (Å²) >= 11 is 0. The van der Waals surface area contributed by atoms with Gasteiger partial charge in [-0.25, -0.2) is 14.5 Å². The Hall–Kier alpha value is -3.26. The number of H-pyrrole nitrogens is 1. The molecule has 1 aromatic carbocycles. The average Bonchev–Trinajstić information content (AvgIpc) is 3.35. The molecule has 3 rings (SSSR count). The van der Waals surface area contributed by atoms with Crippen molar-refractivity contribution in [2.24, 2.45) is 0 Å². The molecule has 0 unspecified atom stereocenters. The van der Waals surface area contributed by atoms with Gasteiger partial charge in [0.2, 0.25) is 0 Å². The molecule has 0 saturated carbocycles. The van der Waals surface area contributed by atoms with Crippen LogP contribution >= 0.6 is 0 Å². The number of aromatic nitrogens is 4. The Labute approximate surface area is 169 Å². The molecule has 0 aliphatic rings. The molecule has 29 heavy (non-hydrogen) atoms. The van der Waals surface area contributed by atoms with Crippen LogP contribution in [-0.2, 0) is 4.74 Å². The van der Waals surface area contributed by atoms with Crippen LogP contribution in [-0.4, -0.2) is 57.1 Å². The van der Waals surface area contributed by atoms with Gasteiger partial charge in [-0.05, 0) is 51.1 Å². The maximum atomic E-state index is 12.9. The number of ketones is 1. The van der Waals surface area contributed by atoms with Crippen LogP contribution in [0.1, 0.15) is 50.6 Å². The molecular weight excluding hydrogens is 370 g/mol. The number of aryl methyl sites for hydroxylation is 1. The lowest BCUT2D eigenvalue weighted by Crippen LogP contribution is -2.29. The fourth-order valence-electron chi connectivity index (χ4n) is 3.38. The van der Waals surface area contributed by atoms with E-state index in [0.29, 0.717) is 22.5 Å². The number of likely N-dealkylation sites (N-methyl/N-ethyl adjacent to an activating group) is 1. The minimum atomic E-state index is -0.440. The summed E-state index contributed by atoms with van der Waals surface area (Å²) in [6, 6.07) is 8.00. The third-order valence-corrected chi connectivity index (χ3v) is 5.22. The van der Waals surface area contributed by atoms with E-state index in [2.05, 4.69) is 15.1 Å². The van der Waals surface area contributed by atoms with Crippen LogP contribution in [0.25, 0.3) is 5.69 Å². The van der Waals surface area contributed by atoms with Crippen molar-refractivity contribution in [3.8, 4) is 5.69 Å². The first-order chi connectivity index (χ1) is 13.8. The summed E-state index contributed by atoms with van der Waals surface area (Å²) in [5.41, 5.74) is 4.14. The predicted octanol–water partition coefficient (Wildman–Crippen LogP) is 2.87. The number of Topliss-reactive ketones (excluding diaryl/α,β-unsaturated/α-hetero) is 1. The summed E-state index contributed by atoms with van der Waals surface area (Å²) in [7, 11) is 3.24. The van der Waals surface area contributed by atoms with E-state index >= 15 is 0 Å². The van der Waals surface area contributed by atoms with E-state index in [0.717, 1.165) is 11.3 Å². The van der Waals surface area contributed by atoms with Crippen molar-refractivity contribution in [1.29, 1.82) is 0 Å². The first-order valence-corrected chi connectivity index (χ1v) is 9.29. The predicted molar refractivity (Wildman–Crippen MR) is 108 cm³/mol. The monoisotopic (exact) mass is 395 g/mol. The number of hydrogen-bond donors (Lipinski definition) is 1. The standard InChI is InChI=1S/C21H25N5O3/c1-13-19(21(28)29-5)14(2)24-20(13)18(27)10-25(4)15(3)16-6-8-17(9-7-16)26-12-22-11-23-26/h6-9,11-12,15,24H,10H2,1-5H3/t15-/m1/s1. The molecule has 152 valence electrons. The Morgan fingerprint density at radius 1 is 1.24 bits per heavy atom. The van der Waals surface area contributed by atoms with E-state index in [-0.39, 0.29) is 18.4 Å². The molecule has 0 bridgehead atoms. The van der Waals surface area contributed by atoms with Gasteiger partial charge in [-0.3, -0.25) is 9.69 Å². The fraction of sp³-hybridized carbons (Fsp3) is 0.333. The molecule has 1 N–H and O–H groups in total. The minimum Gasteiger partial charge on any atom is -0.465 e. The molecule has 0 aliphatic heterocycles. The normalized spacial score (nSPS) is 12.2. The van der Waals surface area contributed by atoms with Gasteiger partial charge in [0, 0.05) is 11.7 Å². The Kier molecular flexibility index (Phi) is 5.93. The van der Waals surface area contributed by atoms with E-state index in [4.69, 9.17) is 4.74 Å². The number of nitrogens with one attached hydrogen (secondary N) is 1. The Balaban J connectivity index is 1.72. The third kappa shape index (κ3) is 4.12. The summed E-state index contributed by atoms with van der Waals surface area (Å²) in [6.45, 7) is 5.78. The number of carbonyl (C=O) groups is 2. The summed E-state index contributed by atoms with van der Waals surface area (Å²) in [5.74, 6) is -0.515. The molecule has 0 fully saturated rings. The highest BCUT2D eigenvalue weighted by molar-refractivity contribution is 6.02. The lowest BCUT2D eigenvalue weighted by molar-refractivity contribution is 0.0599. The van der Waals surface area contributed by atoms with Crippen LogP contribution in [0.5, 0.6) is 0 Å². The molecule has 2 aromatic heterocycles. The van der Waals surface area contributed by atoms with E-state index in [1.807, 2.05) is 43.1 Å². The van der Waals surface area contributed by atoms with Crippen LogP contribution < -0.4 is 0 Å². The van der Waals surface area contributed by atoms with Crippen molar-refractivity contribution in [3.05, 3.63) is 65.0 Å². The summed E-state index contributed by atoms with van der Waals surface area (Å²) in [5, 5.41) is 4.12. The zero-order chi connectivity index (χ0) is 21.1. The summed E-state index contributed by atoms with van der Waals surface area (Å²) in [4.78, 5) is 33.8. The second-order valence-corrected chi connectivity index (χ2v) is 7.06. The molecule has 2 heterocycles. The van der Waals surface area contributed by atoms with Gasteiger partial charge in [-0.15, -0.1) is 0 Å². The smallest absolute Gasteiger partial charge is 0.339 e. The lowest BCUT2D eigenvalue weighted by Gasteiger charge is -2.24. The highest BCUT2D eigenvalue weighted by Crippen LogP contribution is 2.23. The number of rotatable bonds is 7. The quantitative estimate of drug-likeness (QED) is 0.488. The van der Waals surface area contributed by atoms with Gasteiger partial charge < -0.3 is 9.72 Å². The van der Waals surface area contributed by atoms with Crippen molar-refractivity contribution in [3.63, 3.8) is 0 Å². The molecule has 0 radical (unpaired) electrons. The van der Waals surface area contributed by atoms with Gasteiger partial charge >= 0.3 is 5.97 Å². The largest absolute Gasteiger partial charge is 0.465 e. The number of methoxy groups -OCH3 is 1. The van der Waals surface area contributed by atoms with Gasteiger partial charge in [0.05, 0.1) is 30.6 Å². The SMILES string of the molecule is COC(=O)c1c(C)[nH]c(C(=O)CN(C)[C@H](C)c2ccc(-n3cncn3)cc2)c1C. The zero-order valence-electron chi connectivity index (χ0n) is 17.3. The Morgan fingerprint density at radius 2 is 1.93 bits per heavy atom. The van der Waals surface area contributed by atoms with Crippen molar-refractivity contribution in [2.75, 3.05) is 20.7 Å². The fourth-order valence-corrected chi connectivity index (χ4v) is 3.38. The van der Waals surface area contributed by atoms with E-state index in [9.17, 15) is 9.59 Å². The van der Waals surface area contributed by atoms with E-state index < -0.39 is 5.97 Å². The summed E-state index contributed by atoms with van der Waals surface area (Å²) in [6.07, 6.45) is 3.14. The molecular formula is C21H25N5O3. The number of nitrogens with zero attached hydrogens (tertiary/aromatic N) is 4. The second-order valence-electron chi connectivity index (χ2n) is 7.06. The number of benzene rings is 1. The number of aromatic amines is 1. The highest BCUT2D eigenvalue weighted by atomic mass is 16.5. The molecule has 8 nitrogen and oxygen atoms in total. The number of carbonyl (C=O) groups excluding carboxylic acids is 2. The van der Waals surface area contributed by atoms with Crippen LogP contribution in [0.2, 0.25) is 0 Å². The van der Waals surface area contributed by atoms with E-state index in [1.54, 1.807) is 24.9 Å². The Morgan fingerprint density at radius 3 is 2.52 bits per heavy atom. The van der Waals surface area contributed by atoms with Crippen LogP contribution in [0, 0.1) is 13.8 Å². The van der Waals surface area contributed by atoms with E-state index in [1.165, 1.54) is 13.4 Å². The summed E-state index contributed by atoms with van der Waals surface area (Å²) < 4.78 is 6.51. The van der Waals surface area contributed by atoms with Crippen molar-refractivity contribution >= 4 is 11.8 Å². The number of ether oxygens (including phenoxy) is 1. The maximum absolute atomic E-state index is 12.9. The minimum absolute atomic E-state index is 0.0280. The average molecular weight is 395 g/mol. The number of esters is 1. The molecule has 0 amide bonds. The Bertz CT molecular complexity index is 1010. The van der Waals surface area contributed by atoms with Gasteiger partial charge in [0.15, 0.2) is 5.78 Å². The molecule has 8 heteroatoms. The zero-order valence-corrected chi connectivity index (χ0v) is 17.3. The lowest BCUT2D eigenvalue weighted by atomic mass is 10.1. The highest BCUT2D eigenvalue weighted by Gasteiger charge is 2.24. The number of hydrogen-bond acceptors (Lipinski definition) is 6. The second kappa shape index (κ2) is 8.40. The first kappa shape index (κ1) is 20.5. The van der Waals surface area contributed by atoms with Crippen LogP contribution in [0.15, 0.2) is 36.9 Å².